The van der Waals surface area contributed by atoms with Crippen LogP contribution in [0.2, 0.25) is 18.6 Å². The summed E-state index contributed by atoms with van der Waals surface area (Å²) in [5, 5.41) is 0. The topological polar surface area (TPSA) is 29.1 Å². The van der Waals surface area contributed by atoms with E-state index in [4.69, 9.17) is 0 Å². The molecule has 20 heavy (non-hydrogen) atoms. The molecule has 1 fully saturated rings. The Labute approximate surface area is 136 Å². The summed E-state index contributed by atoms with van der Waals surface area (Å²) in [6.07, 6.45) is 8.12. The Morgan fingerprint density at radius 2 is 2.10 bits per heavy atom. The van der Waals surface area contributed by atoms with Gasteiger partial charge in [-0.3, -0.25) is 0 Å². The Kier molecular flexibility index (Phi) is 5.15. The van der Waals surface area contributed by atoms with Crippen LogP contribution in [0.4, 0.5) is 0 Å². The van der Waals surface area contributed by atoms with Crippen molar-refractivity contribution >= 4 is 14.7 Å². The SMILES string of the molecule is CC1=C(C)CC(C2(C(=O)[NH][Ti])CCCCC2[SiH](C)C)=C1. The van der Waals surface area contributed by atoms with Gasteiger partial charge in [-0.15, -0.1) is 0 Å². The van der Waals surface area contributed by atoms with Crippen molar-refractivity contribution in [3.63, 3.8) is 0 Å². The van der Waals surface area contributed by atoms with Crippen molar-refractivity contribution in [2.24, 2.45) is 5.41 Å². The van der Waals surface area contributed by atoms with Crippen LogP contribution in [0.5, 0.6) is 0 Å². The number of hydrogen-bond acceptors (Lipinski definition) is 1. The van der Waals surface area contributed by atoms with Gasteiger partial charge in [0.15, 0.2) is 0 Å². The molecule has 0 radical (unpaired) electrons. The first-order chi connectivity index (χ1) is 9.43. The quantitative estimate of drug-likeness (QED) is 0.789. The predicted molar refractivity (Wildman–Crippen MR) is 82.7 cm³/mol. The fourth-order valence-electron chi connectivity index (χ4n) is 4.19. The van der Waals surface area contributed by atoms with Gasteiger partial charge in [0, 0.05) is 0 Å². The van der Waals surface area contributed by atoms with Gasteiger partial charge in [0.1, 0.15) is 0 Å². The van der Waals surface area contributed by atoms with Gasteiger partial charge >= 0.3 is 137 Å². The number of nitrogens with one attached hydrogen (secondary N) is 1. The molecule has 0 heterocycles. The molecule has 0 aromatic carbocycles. The van der Waals surface area contributed by atoms with Gasteiger partial charge in [-0.1, -0.05) is 0 Å². The molecule has 2 aliphatic carbocycles. The number of carbonyl (C=O) groups excluding carboxylic acids is 1. The van der Waals surface area contributed by atoms with E-state index in [1.807, 2.05) is 0 Å². The summed E-state index contributed by atoms with van der Waals surface area (Å²) in [5.41, 5.74) is 4.63. The number of carbonyl (C=O) groups is 1. The van der Waals surface area contributed by atoms with Crippen LogP contribution in [-0.4, -0.2) is 14.7 Å². The molecule has 2 rings (SSSR count). The minimum atomic E-state index is -0.864. The zero-order chi connectivity index (χ0) is 14.9. The molecule has 2 aliphatic rings. The molecule has 0 aromatic rings. The molecule has 2 unspecified atom stereocenters. The van der Waals surface area contributed by atoms with E-state index in [0.29, 0.717) is 5.54 Å². The van der Waals surface area contributed by atoms with Crippen LogP contribution in [0, 0.1) is 5.41 Å². The van der Waals surface area contributed by atoms with Gasteiger partial charge < -0.3 is 0 Å². The van der Waals surface area contributed by atoms with Crippen LogP contribution in [0.25, 0.3) is 0 Å². The molecular weight excluding hydrogens is 298 g/mol. The van der Waals surface area contributed by atoms with E-state index in [1.165, 1.54) is 36.0 Å². The standard InChI is InChI=1S/C16H27NOSi.Ti/c1-11-9-13(10-12(11)2)16(15(17)18)8-6-5-7-14(16)19(3)4;/h9,14,19H,5-8,10H2,1-4H3,(H2,17,18);/q;+1/p-1. The Morgan fingerprint density at radius 3 is 2.60 bits per heavy atom. The van der Waals surface area contributed by atoms with Crippen LogP contribution in [0.3, 0.4) is 0 Å². The number of hydrogen-bond donors (Lipinski definition) is 1. The summed E-state index contributed by atoms with van der Waals surface area (Å²) in [6.45, 7) is 9.22. The Morgan fingerprint density at radius 1 is 1.40 bits per heavy atom. The van der Waals surface area contributed by atoms with Crippen molar-refractivity contribution in [1.29, 1.82) is 0 Å². The van der Waals surface area contributed by atoms with Crippen molar-refractivity contribution in [2.75, 3.05) is 0 Å². The zero-order valence-electron chi connectivity index (χ0n) is 13.2. The van der Waals surface area contributed by atoms with Crippen LogP contribution in [0.1, 0.15) is 46.0 Å². The summed E-state index contributed by atoms with van der Waals surface area (Å²) in [5.74, 6) is 0.275. The first-order valence-electron chi connectivity index (χ1n) is 7.78. The van der Waals surface area contributed by atoms with Crippen LogP contribution in [0.15, 0.2) is 22.8 Å². The molecule has 1 amide bonds. The zero-order valence-corrected chi connectivity index (χ0v) is 15.9. The van der Waals surface area contributed by atoms with Crippen molar-refractivity contribution in [3.8, 4) is 0 Å². The fraction of sp³-hybridized carbons (Fsp3) is 0.688. The molecule has 0 bridgehead atoms. The van der Waals surface area contributed by atoms with E-state index in [-0.39, 0.29) is 11.3 Å². The third-order valence-corrected chi connectivity index (χ3v) is 8.25. The van der Waals surface area contributed by atoms with E-state index in [9.17, 15) is 4.79 Å². The molecule has 109 valence electrons. The van der Waals surface area contributed by atoms with E-state index in [2.05, 4.69) is 36.8 Å². The fourth-order valence-corrected chi connectivity index (χ4v) is 7.11. The minimum absolute atomic E-state index is 0.202. The van der Waals surface area contributed by atoms with Crippen molar-refractivity contribution in [1.82, 2.24) is 3.80 Å². The van der Waals surface area contributed by atoms with E-state index in [1.54, 1.807) is 20.7 Å². The molecule has 1 N–H and O–H groups in total. The molecular formula is C16H26NOSiTi. The van der Waals surface area contributed by atoms with Crippen LogP contribution >= 0.6 is 0 Å². The average molecular weight is 324 g/mol. The van der Waals surface area contributed by atoms with Gasteiger partial charge in [0.25, 0.3) is 0 Å². The van der Waals surface area contributed by atoms with Gasteiger partial charge in [0.2, 0.25) is 0 Å². The number of allylic oxidation sites excluding steroid dienone is 3. The summed E-state index contributed by atoms with van der Waals surface area (Å²) in [6, 6.07) is 0. The van der Waals surface area contributed by atoms with Gasteiger partial charge in [-0.25, -0.2) is 0 Å². The second kappa shape index (κ2) is 6.33. The second-order valence-corrected chi connectivity index (χ2v) is 10.5. The maximum atomic E-state index is 12.9. The first kappa shape index (κ1) is 16.3. The summed E-state index contributed by atoms with van der Waals surface area (Å²) < 4.78 is 2.99. The summed E-state index contributed by atoms with van der Waals surface area (Å²) in [4.78, 5) is 12.9. The van der Waals surface area contributed by atoms with Gasteiger partial charge in [-0.2, -0.15) is 0 Å². The number of rotatable bonds is 3. The molecule has 4 heteroatoms. The first-order valence-corrected chi connectivity index (χ1v) is 11.5. The summed E-state index contributed by atoms with van der Waals surface area (Å²) >= 11 is 1.81. The molecule has 0 aromatic heterocycles. The molecule has 2 atom stereocenters. The van der Waals surface area contributed by atoms with E-state index < -0.39 is 8.80 Å². The van der Waals surface area contributed by atoms with Crippen molar-refractivity contribution in [2.45, 2.75) is 64.6 Å². The monoisotopic (exact) mass is 324 g/mol. The average Bonchev–Trinajstić information content (AvgIpc) is 2.77. The normalized spacial score (nSPS) is 30.6. The van der Waals surface area contributed by atoms with E-state index >= 15 is 0 Å². The predicted octanol–water partition coefficient (Wildman–Crippen LogP) is 3.65. The van der Waals surface area contributed by atoms with Crippen molar-refractivity contribution in [3.05, 3.63) is 22.8 Å². The van der Waals surface area contributed by atoms with Crippen molar-refractivity contribution < 1.29 is 25.5 Å². The second-order valence-electron chi connectivity index (χ2n) is 6.83. The molecule has 0 aliphatic heterocycles. The molecule has 0 spiro atoms. The van der Waals surface area contributed by atoms with Crippen LogP contribution < -0.4 is 3.80 Å². The molecule has 1 saturated carbocycles. The number of amides is 1. The van der Waals surface area contributed by atoms with E-state index in [0.717, 1.165) is 12.8 Å². The Hall–Kier alpha value is -0.119. The Bertz CT molecular complexity index is 469. The Balaban J connectivity index is 2.45. The third-order valence-electron chi connectivity index (χ3n) is 5.39. The maximum absolute atomic E-state index is 12.9. The summed E-state index contributed by atoms with van der Waals surface area (Å²) in [7, 11) is -0.864. The van der Waals surface area contributed by atoms with Gasteiger partial charge in [-0.05, 0) is 0 Å². The molecule has 2 nitrogen and oxygen atoms in total. The van der Waals surface area contributed by atoms with Crippen LogP contribution in [-0.2, 0) is 25.5 Å². The molecule has 0 saturated heterocycles. The van der Waals surface area contributed by atoms with Gasteiger partial charge in [0.05, 0.1) is 0 Å². The third kappa shape index (κ3) is 2.65.